The van der Waals surface area contributed by atoms with E-state index in [0.717, 1.165) is 21.2 Å². The van der Waals surface area contributed by atoms with Gasteiger partial charge in [-0.1, -0.05) is 23.7 Å². The minimum Gasteiger partial charge on any atom is -0.268 e. The molecule has 9 nitrogen and oxygen atoms in total. The van der Waals surface area contributed by atoms with Gasteiger partial charge in [0, 0.05) is 22.8 Å². The molecule has 15 heteroatoms. The highest BCUT2D eigenvalue weighted by Crippen LogP contribution is 2.35. The molecule has 0 saturated carbocycles. The zero-order valence-corrected chi connectivity index (χ0v) is 22.3. The molecule has 1 fully saturated rings. The van der Waals surface area contributed by atoms with Crippen molar-refractivity contribution in [3.05, 3.63) is 87.4 Å². The van der Waals surface area contributed by atoms with Crippen molar-refractivity contribution in [1.82, 2.24) is 23.6 Å². The number of hydrogen-bond donors (Lipinski definition) is 0. The normalized spacial score (nSPS) is 15.7. The molecule has 0 bridgehead atoms. The monoisotopic (exact) mass is 595 g/mol. The van der Waals surface area contributed by atoms with E-state index in [1.807, 2.05) is 0 Å². The first-order valence-corrected chi connectivity index (χ1v) is 14.1. The van der Waals surface area contributed by atoms with E-state index in [4.69, 9.17) is 11.6 Å². The van der Waals surface area contributed by atoms with Gasteiger partial charge in [0.25, 0.3) is 11.1 Å². The molecule has 0 spiro atoms. The Hall–Kier alpha value is -3.62. The van der Waals surface area contributed by atoms with E-state index in [1.54, 1.807) is 18.2 Å². The summed E-state index contributed by atoms with van der Waals surface area (Å²) in [5.41, 5.74) is 0.291. The molecule has 202 valence electrons. The molecule has 4 aromatic rings. The van der Waals surface area contributed by atoms with Crippen molar-refractivity contribution >= 4 is 61.5 Å². The molecule has 3 heterocycles. The maximum absolute atomic E-state index is 13.5. The molecule has 0 aliphatic carbocycles. The number of benzene rings is 2. The van der Waals surface area contributed by atoms with Gasteiger partial charge < -0.3 is 0 Å². The SMILES string of the molecule is CS(=O)(=O)n1ccnc1CN1C(=O)SC(=Cc2ccc3c(cnn3Cc3ccc(Cl)cc3C(F)(F)F)c2)C1=O. The molecule has 2 aromatic heterocycles. The molecule has 0 unspecified atom stereocenters. The van der Waals surface area contributed by atoms with Gasteiger partial charge in [0.1, 0.15) is 5.82 Å². The lowest BCUT2D eigenvalue weighted by atomic mass is 10.1. The second-order valence-corrected chi connectivity index (χ2v) is 11.9. The van der Waals surface area contributed by atoms with E-state index in [2.05, 4.69) is 10.1 Å². The summed E-state index contributed by atoms with van der Waals surface area (Å²) in [4.78, 5) is 30.4. The van der Waals surface area contributed by atoms with Crippen molar-refractivity contribution in [1.29, 1.82) is 0 Å². The fourth-order valence-corrected chi connectivity index (χ4v) is 5.87. The van der Waals surface area contributed by atoms with Crippen molar-refractivity contribution in [2.75, 3.05) is 6.26 Å². The predicted molar refractivity (Wildman–Crippen MR) is 139 cm³/mol. The largest absolute Gasteiger partial charge is 0.416 e. The van der Waals surface area contributed by atoms with E-state index in [1.165, 1.54) is 41.5 Å². The highest BCUT2D eigenvalue weighted by Gasteiger charge is 2.36. The van der Waals surface area contributed by atoms with Crippen LogP contribution in [0.4, 0.5) is 18.0 Å². The Morgan fingerprint density at radius 2 is 1.87 bits per heavy atom. The number of alkyl halides is 3. The fraction of sp³-hybridized carbons (Fsp3) is 0.167. The van der Waals surface area contributed by atoms with Crippen LogP contribution in [0, 0.1) is 0 Å². The molecular weight excluding hydrogens is 579 g/mol. The summed E-state index contributed by atoms with van der Waals surface area (Å²) in [7, 11) is -3.67. The Morgan fingerprint density at radius 3 is 2.59 bits per heavy atom. The van der Waals surface area contributed by atoms with Crippen LogP contribution in [0.3, 0.4) is 0 Å². The van der Waals surface area contributed by atoms with Gasteiger partial charge in [-0.25, -0.2) is 17.4 Å². The van der Waals surface area contributed by atoms with Gasteiger partial charge in [0.2, 0.25) is 10.0 Å². The second-order valence-electron chi connectivity index (χ2n) is 8.59. The average Bonchev–Trinajstić information content (AvgIpc) is 3.54. The van der Waals surface area contributed by atoms with E-state index in [0.29, 0.717) is 28.2 Å². The molecule has 39 heavy (non-hydrogen) atoms. The minimum atomic E-state index is -4.58. The number of thioether (sulfide) groups is 1. The molecular formula is C24H17ClF3N5O4S2. The number of aromatic nitrogens is 4. The molecule has 0 radical (unpaired) electrons. The van der Waals surface area contributed by atoms with Gasteiger partial charge in [0.05, 0.1) is 41.5 Å². The molecule has 1 aliphatic rings. The van der Waals surface area contributed by atoms with Crippen LogP contribution in [0.1, 0.15) is 22.5 Å². The fourth-order valence-electron chi connectivity index (χ4n) is 4.10. The Kier molecular flexibility index (Phi) is 6.81. The third kappa shape index (κ3) is 5.44. The summed E-state index contributed by atoms with van der Waals surface area (Å²) in [5.74, 6) is -0.587. The lowest BCUT2D eigenvalue weighted by Crippen LogP contribution is -2.29. The first kappa shape index (κ1) is 27.0. The predicted octanol–water partition coefficient (Wildman–Crippen LogP) is 5.00. The first-order chi connectivity index (χ1) is 18.3. The number of carbonyl (C=O) groups excluding carboxylic acids is 2. The molecule has 0 N–H and O–H groups in total. The summed E-state index contributed by atoms with van der Waals surface area (Å²) in [6.45, 7) is -0.463. The average molecular weight is 596 g/mol. The Morgan fingerprint density at radius 1 is 1.10 bits per heavy atom. The van der Waals surface area contributed by atoms with Crippen LogP contribution in [0.5, 0.6) is 0 Å². The van der Waals surface area contributed by atoms with E-state index < -0.39 is 32.9 Å². The number of imidazole rings is 1. The van der Waals surface area contributed by atoms with E-state index in [9.17, 15) is 31.2 Å². The van der Waals surface area contributed by atoms with Crippen molar-refractivity contribution in [3.8, 4) is 0 Å². The molecule has 2 amide bonds. The zero-order valence-electron chi connectivity index (χ0n) is 19.9. The second kappa shape index (κ2) is 9.84. The summed E-state index contributed by atoms with van der Waals surface area (Å²) in [6, 6.07) is 8.57. The van der Waals surface area contributed by atoms with E-state index >= 15 is 0 Å². The Balaban J connectivity index is 1.39. The quantitative estimate of drug-likeness (QED) is 0.289. The number of carbonyl (C=O) groups is 2. The minimum absolute atomic E-state index is 0.00570. The van der Waals surface area contributed by atoms with Crippen LogP contribution in [-0.2, 0) is 34.1 Å². The lowest BCUT2D eigenvalue weighted by molar-refractivity contribution is -0.138. The van der Waals surface area contributed by atoms with Crippen LogP contribution in [0.2, 0.25) is 5.02 Å². The standard InChI is InChI=1S/C24H17ClF3N5O4S2/c1-39(36,37)33-7-6-29-21(33)13-31-22(34)20(38-23(31)35)9-14-2-5-19-16(8-14)11-30-32(19)12-15-3-4-17(25)10-18(15)24(26,27)28/h2-11H,12-13H2,1H3. The third-order valence-corrected chi connectivity index (χ3v) is 8.06. The number of hydrogen-bond acceptors (Lipinski definition) is 7. The van der Waals surface area contributed by atoms with Crippen LogP contribution < -0.4 is 0 Å². The first-order valence-electron chi connectivity index (χ1n) is 11.1. The van der Waals surface area contributed by atoms with E-state index in [-0.39, 0.29) is 34.4 Å². The summed E-state index contributed by atoms with van der Waals surface area (Å²) in [5, 5.41) is 4.23. The van der Waals surface area contributed by atoms with Gasteiger partial charge in [-0.05, 0) is 53.2 Å². The molecule has 0 atom stereocenters. The van der Waals surface area contributed by atoms with Gasteiger partial charge in [-0.3, -0.25) is 19.2 Å². The number of nitrogens with zero attached hydrogens (tertiary/aromatic N) is 5. The maximum Gasteiger partial charge on any atom is 0.416 e. The number of amides is 2. The number of rotatable bonds is 6. The smallest absolute Gasteiger partial charge is 0.268 e. The van der Waals surface area contributed by atoms with Gasteiger partial charge in [0.15, 0.2) is 0 Å². The number of halogens is 4. The zero-order chi connectivity index (χ0) is 28.1. The van der Waals surface area contributed by atoms with Crippen molar-refractivity contribution in [3.63, 3.8) is 0 Å². The topological polar surface area (TPSA) is 107 Å². The maximum atomic E-state index is 13.5. The van der Waals surface area contributed by atoms with Crippen LogP contribution in [0.15, 0.2) is 59.9 Å². The Bertz CT molecular complexity index is 1780. The van der Waals surface area contributed by atoms with Crippen LogP contribution in [-0.4, -0.2) is 49.5 Å². The third-order valence-electron chi connectivity index (χ3n) is 5.87. The highest BCUT2D eigenvalue weighted by atomic mass is 35.5. The van der Waals surface area contributed by atoms with Gasteiger partial charge >= 0.3 is 6.18 Å². The van der Waals surface area contributed by atoms with Crippen LogP contribution >= 0.6 is 23.4 Å². The summed E-state index contributed by atoms with van der Waals surface area (Å²) >= 11 is 6.47. The molecule has 1 aliphatic heterocycles. The number of imide groups is 1. The Labute approximate surface area is 228 Å². The van der Waals surface area contributed by atoms with Gasteiger partial charge in [-0.2, -0.15) is 18.3 Å². The highest BCUT2D eigenvalue weighted by molar-refractivity contribution is 8.18. The molecule has 5 rings (SSSR count). The van der Waals surface area contributed by atoms with Crippen molar-refractivity contribution < 1.29 is 31.2 Å². The number of fused-ring (bicyclic) bond motifs is 1. The van der Waals surface area contributed by atoms with Crippen LogP contribution in [0.25, 0.3) is 17.0 Å². The molecule has 1 saturated heterocycles. The van der Waals surface area contributed by atoms with Gasteiger partial charge in [-0.15, -0.1) is 0 Å². The molecule has 2 aromatic carbocycles. The van der Waals surface area contributed by atoms with Crippen molar-refractivity contribution in [2.45, 2.75) is 19.3 Å². The summed E-state index contributed by atoms with van der Waals surface area (Å²) < 4.78 is 66.6. The van der Waals surface area contributed by atoms with Crippen molar-refractivity contribution in [2.24, 2.45) is 0 Å². The lowest BCUT2D eigenvalue weighted by Gasteiger charge is -2.14. The summed E-state index contributed by atoms with van der Waals surface area (Å²) in [6.07, 6.45) is 1.89.